The van der Waals surface area contributed by atoms with E-state index in [9.17, 15) is 10.5 Å². The summed E-state index contributed by atoms with van der Waals surface area (Å²) in [6, 6.07) is 38.7. The second-order valence-electron chi connectivity index (χ2n) is 11.2. The minimum atomic E-state index is -1.08. The van der Waals surface area contributed by atoms with Crippen LogP contribution in [0.2, 0.25) is 0 Å². The van der Waals surface area contributed by atoms with E-state index in [0.717, 1.165) is 43.6 Å². The van der Waals surface area contributed by atoms with Gasteiger partial charge in [-0.1, -0.05) is 109 Å². The summed E-state index contributed by atoms with van der Waals surface area (Å²) in [4.78, 5) is 0. The zero-order chi connectivity index (χ0) is 28.3. The van der Waals surface area contributed by atoms with Gasteiger partial charge in [0.05, 0.1) is 34.2 Å². The quantitative estimate of drug-likeness (QED) is 0.227. The lowest BCUT2D eigenvalue weighted by Crippen LogP contribution is -2.50. The molecule has 0 radical (unpaired) electrons. The van der Waals surface area contributed by atoms with Crippen LogP contribution < -0.4 is 0 Å². The number of hydrogen-bond acceptors (Lipinski definition) is 2. The zero-order valence-corrected chi connectivity index (χ0v) is 22.8. The average molecular weight is 539 g/mol. The summed E-state index contributed by atoms with van der Waals surface area (Å²) in [5.74, 6) is -0.708. The van der Waals surface area contributed by atoms with Gasteiger partial charge in [-0.25, -0.2) is 0 Å². The van der Waals surface area contributed by atoms with Gasteiger partial charge in [-0.3, -0.25) is 0 Å². The van der Waals surface area contributed by atoms with Gasteiger partial charge in [0, 0.05) is 33.4 Å². The van der Waals surface area contributed by atoms with Gasteiger partial charge in [0.15, 0.2) is 11.1 Å². The minimum absolute atomic E-state index is 0.354. The lowest BCUT2D eigenvalue weighted by atomic mass is 9.65. The van der Waals surface area contributed by atoms with Gasteiger partial charge in [0.1, 0.15) is 0 Å². The molecule has 4 nitrogen and oxygen atoms in total. The summed E-state index contributed by atoms with van der Waals surface area (Å²) < 4.78 is 4.39. The molecule has 2 aliphatic carbocycles. The van der Waals surface area contributed by atoms with Crippen LogP contribution in [0.25, 0.3) is 43.6 Å². The van der Waals surface area contributed by atoms with Gasteiger partial charge in [-0.05, 0) is 36.4 Å². The maximum absolute atomic E-state index is 11.3. The monoisotopic (exact) mass is 538 g/mol. The maximum Gasteiger partial charge on any atom is 0.158 e. The van der Waals surface area contributed by atoms with Crippen molar-refractivity contribution in [2.24, 2.45) is 11.8 Å². The predicted octanol–water partition coefficient (Wildman–Crippen LogP) is 8.52. The van der Waals surface area contributed by atoms with Crippen LogP contribution in [-0.2, 0) is 11.1 Å². The van der Waals surface area contributed by atoms with E-state index < -0.39 is 11.1 Å². The molecule has 0 saturated heterocycles. The third-order valence-corrected chi connectivity index (χ3v) is 9.22. The molecule has 0 amide bonds. The Kier molecular flexibility index (Phi) is 5.17. The van der Waals surface area contributed by atoms with Crippen LogP contribution in [0.4, 0.5) is 0 Å². The Morgan fingerprint density at radius 1 is 0.452 bits per heavy atom. The Bertz CT molecular complexity index is 1990. The van der Waals surface area contributed by atoms with Crippen molar-refractivity contribution in [3.8, 4) is 12.1 Å². The molecule has 2 aliphatic rings. The van der Waals surface area contributed by atoms with Gasteiger partial charge in [-0.2, -0.15) is 10.5 Å². The molecule has 4 atom stereocenters. The molecule has 42 heavy (non-hydrogen) atoms. The molecule has 4 heteroatoms. The van der Waals surface area contributed by atoms with Crippen molar-refractivity contribution in [3.63, 3.8) is 0 Å². The Labute approximate surface area is 243 Å². The van der Waals surface area contributed by atoms with Crippen LogP contribution in [0.5, 0.6) is 0 Å². The van der Waals surface area contributed by atoms with E-state index in [1.54, 1.807) is 0 Å². The molecule has 0 bridgehead atoms. The highest BCUT2D eigenvalue weighted by atomic mass is 15.1. The first kappa shape index (κ1) is 24.2. The number of para-hydroxylation sites is 4. The first-order valence-corrected chi connectivity index (χ1v) is 14.3. The summed E-state index contributed by atoms with van der Waals surface area (Å²) in [5, 5.41) is 27.0. The van der Waals surface area contributed by atoms with Crippen LogP contribution in [-0.4, -0.2) is 9.13 Å². The van der Waals surface area contributed by atoms with Crippen molar-refractivity contribution in [1.82, 2.24) is 9.13 Å². The first-order valence-electron chi connectivity index (χ1n) is 14.3. The summed E-state index contributed by atoms with van der Waals surface area (Å²) in [5.41, 5.74) is 1.83. The summed E-state index contributed by atoms with van der Waals surface area (Å²) >= 11 is 0. The average Bonchev–Trinajstić information content (AvgIpc) is 3.58. The number of hydrogen-bond donors (Lipinski definition) is 0. The third kappa shape index (κ3) is 3.04. The number of fused-ring (bicyclic) bond motifs is 6. The van der Waals surface area contributed by atoms with Crippen molar-refractivity contribution in [2.45, 2.75) is 11.1 Å². The summed E-state index contributed by atoms with van der Waals surface area (Å²) in [7, 11) is 0. The van der Waals surface area contributed by atoms with E-state index in [-0.39, 0.29) is 11.8 Å². The maximum atomic E-state index is 11.3. The molecule has 4 aromatic carbocycles. The summed E-state index contributed by atoms with van der Waals surface area (Å²) in [6.45, 7) is 0. The predicted molar refractivity (Wildman–Crippen MR) is 170 cm³/mol. The lowest BCUT2D eigenvalue weighted by molar-refractivity contribution is 0.221. The number of nitriles is 2. The number of nitrogens with zero attached hydrogens (tertiary/aromatic N) is 4. The van der Waals surface area contributed by atoms with E-state index >= 15 is 0 Å². The highest BCUT2D eigenvalue weighted by Crippen LogP contribution is 2.50. The van der Waals surface area contributed by atoms with Crippen molar-refractivity contribution in [1.29, 1.82) is 10.5 Å². The van der Waals surface area contributed by atoms with Crippen molar-refractivity contribution >= 4 is 43.6 Å². The largest absolute Gasteiger partial charge is 0.317 e. The fraction of sp³-hybridized carbons (Fsp3) is 0.105. The Morgan fingerprint density at radius 3 is 1.07 bits per heavy atom. The number of allylic oxidation sites excluding steroid dienone is 8. The van der Waals surface area contributed by atoms with Crippen LogP contribution in [0.15, 0.2) is 146 Å². The fourth-order valence-corrected chi connectivity index (χ4v) is 7.49. The van der Waals surface area contributed by atoms with Crippen molar-refractivity contribution in [3.05, 3.63) is 146 Å². The molecule has 0 N–H and O–H groups in total. The van der Waals surface area contributed by atoms with Crippen LogP contribution >= 0.6 is 0 Å². The standard InChI is InChI=1S/C38H26N4/c39-25-37(41-33-19-5-1-13-27(33)28-14-2-6-20-34(28)41)23-11-9-17-31(37)32-18-10-12-24-38(32,26-40)42-35-21-7-3-15-29(35)30-16-4-8-22-36(30)42/h1-24,31-32H. The van der Waals surface area contributed by atoms with E-state index in [1.807, 2.05) is 85.0 Å². The Hall–Kier alpha value is -5.58. The van der Waals surface area contributed by atoms with Gasteiger partial charge in [-0.15, -0.1) is 0 Å². The number of aromatic nitrogens is 2. The van der Waals surface area contributed by atoms with Crippen LogP contribution in [0.3, 0.4) is 0 Å². The third-order valence-electron chi connectivity index (χ3n) is 9.22. The molecule has 8 rings (SSSR count). The van der Waals surface area contributed by atoms with Gasteiger partial charge >= 0.3 is 0 Å². The topological polar surface area (TPSA) is 57.4 Å². The Morgan fingerprint density at radius 2 is 0.762 bits per heavy atom. The van der Waals surface area contributed by atoms with Crippen LogP contribution in [0, 0.1) is 34.5 Å². The molecule has 0 fully saturated rings. The van der Waals surface area contributed by atoms with Gasteiger partial charge in [0.2, 0.25) is 0 Å². The summed E-state index contributed by atoms with van der Waals surface area (Å²) in [6.07, 6.45) is 16.3. The zero-order valence-electron chi connectivity index (χ0n) is 22.8. The highest BCUT2D eigenvalue weighted by Gasteiger charge is 2.52. The second-order valence-corrected chi connectivity index (χ2v) is 11.2. The first-order chi connectivity index (χ1) is 20.7. The highest BCUT2D eigenvalue weighted by molar-refractivity contribution is 6.09. The van der Waals surface area contributed by atoms with Crippen molar-refractivity contribution in [2.75, 3.05) is 0 Å². The lowest BCUT2D eigenvalue weighted by Gasteiger charge is -2.45. The molecule has 198 valence electrons. The SMILES string of the molecule is N#CC1(n2c3ccccc3c3ccccc32)C=CC=CC1C1C=CC=CC1(C#N)n1c2ccccc2c2ccccc21. The molecular weight excluding hydrogens is 512 g/mol. The molecule has 0 spiro atoms. The van der Waals surface area contributed by atoms with E-state index in [2.05, 4.69) is 82.0 Å². The molecule has 6 aromatic rings. The smallest absolute Gasteiger partial charge is 0.158 e. The fourth-order valence-electron chi connectivity index (χ4n) is 7.49. The molecule has 0 saturated carbocycles. The molecule has 2 aromatic heterocycles. The molecule has 0 aliphatic heterocycles. The second kappa shape index (κ2) is 8.96. The minimum Gasteiger partial charge on any atom is -0.317 e. The molecule has 2 heterocycles. The Balaban J connectivity index is 1.44. The number of rotatable bonds is 3. The van der Waals surface area contributed by atoms with Gasteiger partial charge < -0.3 is 9.13 Å². The molecular formula is C38H26N4. The van der Waals surface area contributed by atoms with E-state index in [4.69, 9.17) is 0 Å². The molecule has 4 unspecified atom stereocenters. The van der Waals surface area contributed by atoms with Crippen LogP contribution in [0.1, 0.15) is 0 Å². The normalized spacial score (nSPS) is 24.9. The van der Waals surface area contributed by atoms with Crippen molar-refractivity contribution < 1.29 is 0 Å². The number of benzene rings is 4. The van der Waals surface area contributed by atoms with E-state index in [1.165, 1.54) is 0 Å². The van der Waals surface area contributed by atoms with Gasteiger partial charge in [0.25, 0.3) is 0 Å². The van der Waals surface area contributed by atoms with E-state index in [0.29, 0.717) is 0 Å².